The Balaban J connectivity index is 1.70. The number of nitrogens with zero attached hydrogens (tertiary/aromatic N) is 4. The van der Waals surface area contributed by atoms with E-state index < -0.39 is 0 Å². The van der Waals surface area contributed by atoms with E-state index in [1.165, 1.54) is 44.5 Å². The van der Waals surface area contributed by atoms with Crippen molar-refractivity contribution in [2.24, 2.45) is 0 Å². The Kier molecular flexibility index (Phi) is 5.85. The molecule has 3 aromatic rings. The van der Waals surface area contributed by atoms with Gasteiger partial charge >= 0.3 is 0 Å². The summed E-state index contributed by atoms with van der Waals surface area (Å²) in [7, 11) is 4.60. The molecule has 9 nitrogen and oxygen atoms in total. The van der Waals surface area contributed by atoms with Crippen LogP contribution in [0, 0.1) is 0 Å². The quantitative estimate of drug-likeness (QED) is 0.627. The number of carbonyl (C=O) groups is 1. The van der Waals surface area contributed by atoms with Gasteiger partial charge in [0, 0.05) is 18.5 Å². The van der Waals surface area contributed by atoms with Crippen LogP contribution < -0.4 is 19.5 Å². The molecule has 0 saturated carbocycles. The Labute approximate surface area is 161 Å². The summed E-state index contributed by atoms with van der Waals surface area (Å²) in [4.78, 5) is 20.5. The number of ether oxygens (including phenoxy) is 3. The van der Waals surface area contributed by atoms with E-state index in [1.807, 2.05) is 0 Å². The fourth-order valence-corrected chi connectivity index (χ4v) is 2.44. The number of aromatic nitrogens is 4. The lowest BCUT2D eigenvalue weighted by atomic mass is 10.1. The van der Waals surface area contributed by atoms with Crippen LogP contribution >= 0.6 is 0 Å². The molecule has 144 valence electrons. The van der Waals surface area contributed by atoms with Gasteiger partial charge in [0.15, 0.2) is 11.5 Å². The van der Waals surface area contributed by atoms with Gasteiger partial charge in [0.1, 0.15) is 0 Å². The zero-order chi connectivity index (χ0) is 19.9. The molecule has 0 aliphatic rings. The molecule has 2 heterocycles. The van der Waals surface area contributed by atoms with Crippen LogP contribution in [-0.4, -0.2) is 47.0 Å². The number of methoxy groups -OCH3 is 3. The molecule has 3 rings (SSSR count). The second-order valence-electron chi connectivity index (χ2n) is 5.50. The zero-order valence-corrected chi connectivity index (χ0v) is 15.6. The Bertz CT molecular complexity index is 943. The van der Waals surface area contributed by atoms with E-state index in [2.05, 4.69) is 20.4 Å². The van der Waals surface area contributed by atoms with Crippen LogP contribution in [0.5, 0.6) is 17.2 Å². The fraction of sp³-hybridized carbons (Fsp3) is 0.158. The van der Waals surface area contributed by atoms with Crippen molar-refractivity contribution in [3.05, 3.63) is 54.6 Å². The number of hydrogen-bond acceptors (Lipinski definition) is 7. The number of nitrogens with one attached hydrogen (secondary N) is 1. The molecule has 0 atom stereocenters. The first-order valence-electron chi connectivity index (χ1n) is 8.25. The highest BCUT2D eigenvalue weighted by molar-refractivity contribution is 6.01. The molecule has 2 aromatic heterocycles. The largest absolute Gasteiger partial charge is 0.493 e. The van der Waals surface area contributed by atoms with Crippen molar-refractivity contribution < 1.29 is 19.0 Å². The minimum absolute atomic E-state index is 0.329. The molecule has 0 aliphatic heterocycles. The standard InChI is InChI=1S/C19H19N5O4/c1-26-15-9-13(10-16(27-2)18(15)28-3)5-6-17(25)23-14-11-20-19(21-12-14)24-8-4-7-22-24/h4-12H,1-3H3,(H,23,25)/b6-5+. The van der Waals surface area contributed by atoms with Crippen molar-refractivity contribution in [1.82, 2.24) is 19.7 Å². The Morgan fingerprint density at radius 2 is 1.75 bits per heavy atom. The molecule has 0 unspecified atom stereocenters. The fourth-order valence-electron chi connectivity index (χ4n) is 2.44. The number of carbonyl (C=O) groups excluding carboxylic acids is 1. The Morgan fingerprint density at radius 3 is 2.29 bits per heavy atom. The van der Waals surface area contributed by atoms with E-state index in [0.717, 1.165) is 5.56 Å². The zero-order valence-electron chi connectivity index (χ0n) is 15.6. The highest BCUT2D eigenvalue weighted by Crippen LogP contribution is 2.38. The SMILES string of the molecule is COc1cc(/C=C/C(=O)Nc2cnc(-n3cccn3)nc2)cc(OC)c1OC. The molecular weight excluding hydrogens is 362 g/mol. The van der Waals surface area contributed by atoms with Crippen LogP contribution in [0.4, 0.5) is 5.69 Å². The molecule has 1 amide bonds. The lowest BCUT2D eigenvalue weighted by Crippen LogP contribution is -2.09. The summed E-state index contributed by atoms with van der Waals surface area (Å²) in [6, 6.07) is 5.26. The molecule has 0 spiro atoms. The third-order valence-corrected chi connectivity index (χ3v) is 3.73. The van der Waals surface area contributed by atoms with Gasteiger partial charge in [0.25, 0.3) is 5.95 Å². The maximum Gasteiger partial charge on any atom is 0.250 e. The van der Waals surface area contributed by atoms with Crippen LogP contribution in [0.2, 0.25) is 0 Å². The van der Waals surface area contributed by atoms with Crippen LogP contribution in [0.1, 0.15) is 5.56 Å². The third-order valence-electron chi connectivity index (χ3n) is 3.73. The Morgan fingerprint density at radius 1 is 1.07 bits per heavy atom. The topological polar surface area (TPSA) is 100 Å². The second-order valence-corrected chi connectivity index (χ2v) is 5.50. The van der Waals surface area contributed by atoms with Crippen molar-refractivity contribution in [2.45, 2.75) is 0 Å². The molecule has 0 radical (unpaired) electrons. The normalized spacial score (nSPS) is 10.7. The van der Waals surface area contributed by atoms with Crippen molar-refractivity contribution in [3.63, 3.8) is 0 Å². The lowest BCUT2D eigenvalue weighted by molar-refractivity contribution is -0.111. The monoisotopic (exact) mass is 381 g/mol. The van der Waals surface area contributed by atoms with Crippen molar-refractivity contribution >= 4 is 17.7 Å². The highest BCUT2D eigenvalue weighted by Gasteiger charge is 2.12. The molecule has 0 saturated heterocycles. The maximum atomic E-state index is 12.2. The predicted molar refractivity (Wildman–Crippen MR) is 103 cm³/mol. The van der Waals surface area contributed by atoms with Crippen molar-refractivity contribution in [2.75, 3.05) is 26.6 Å². The van der Waals surface area contributed by atoms with Crippen LogP contribution in [-0.2, 0) is 4.79 Å². The number of amides is 1. The van der Waals surface area contributed by atoms with Gasteiger partial charge in [-0.3, -0.25) is 4.79 Å². The van der Waals surface area contributed by atoms with E-state index in [4.69, 9.17) is 14.2 Å². The predicted octanol–water partition coefficient (Wildman–Crippen LogP) is 2.34. The van der Waals surface area contributed by atoms with Gasteiger partial charge in [-0.05, 0) is 29.8 Å². The number of rotatable bonds is 7. The van der Waals surface area contributed by atoms with Crippen LogP contribution in [0.15, 0.2) is 49.1 Å². The second kappa shape index (κ2) is 8.67. The summed E-state index contributed by atoms with van der Waals surface area (Å²) in [6.07, 6.45) is 9.41. The van der Waals surface area contributed by atoms with Crippen molar-refractivity contribution in [1.29, 1.82) is 0 Å². The van der Waals surface area contributed by atoms with Gasteiger partial charge in [0.2, 0.25) is 11.7 Å². The van der Waals surface area contributed by atoms with E-state index >= 15 is 0 Å². The summed E-state index contributed by atoms with van der Waals surface area (Å²) in [5.41, 5.74) is 1.19. The average Bonchev–Trinajstić information content (AvgIpc) is 3.26. The summed E-state index contributed by atoms with van der Waals surface area (Å²) >= 11 is 0. The summed E-state index contributed by atoms with van der Waals surface area (Å²) in [5.74, 6) is 1.58. The summed E-state index contributed by atoms with van der Waals surface area (Å²) < 4.78 is 17.4. The first-order valence-corrected chi connectivity index (χ1v) is 8.25. The first-order chi connectivity index (χ1) is 13.6. The van der Waals surface area contributed by atoms with Gasteiger partial charge in [-0.2, -0.15) is 5.10 Å². The minimum atomic E-state index is -0.329. The van der Waals surface area contributed by atoms with Gasteiger partial charge in [-0.15, -0.1) is 0 Å². The minimum Gasteiger partial charge on any atom is -0.493 e. The molecule has 0 fully saturated rings. The third kappa shape index (κ3) is 4.26. The molecule has 0 bridgehead atoms. The average molecular weight is 381 g/mol. The molecule has 28 heavy (non-hydrogen) atoms. The first kappa shape index (κ1) is 18.9. The smallest absolute Gasteiger partial charge is 0.250 e. The van der Waals surface area contributed by atoms with Gasteiger partial charge in [-0.1, -0.05) is 0 Å². The number of hydrogen-bond donors (Lipinski definition) is 1. The molecule has 1 aromatic carbocycles. The lowest BCUT2D eigenvalue weighted by Gasteiger charge is -2.12. The van der Waals surface area contributed by atoms with Crippen LogP contribution in [0.25, 0.3) is 12.0 Å². The van der Waals surface area contributed by atoms with Crippen molar-refractivity contribution in [3.8, 4) is 23.2 Å². The summed E-state index contributed by atoms with van der Waals surface area (Å²) in [6.45, 7) is 0. The van der Waals surface area contributed by atoms with E-state index in [-0.39, 0.29) is 5.91 Å². The summed E-state index contributed by atoms with van der Waals surface area (Å²) in [5, 5.41) is 6.74. The molecule has 1 N–H and O–H groups in total. The van der Waals surface area contributed by atoms with Gasteiger partial charge in [0.05, 0.1) is 39.4 Å². The van der Waals surface area contributed by atoms with E-state index in [0.29, 0.717) is 28.9 Å². The number of anilines is 1. The molecule has 0 aliphatic carbocycles. The maximum absolute atomic E-state index is 12.2. The van der Waals surface area contributed by atoms with E-state index in [9.17, 15) is 4.79 Å². The van der Waals surface area contributed by atoms with Gasteiger partial charge < -0.3 is 19.5 Å². The van der Waals surface area contributed by atoms with Gasteiger partial charge in [-0.25, -0.2) is 14.6 Å². The van der Waals surface area contributed by atoms with E-state index in [1.54, 1.807) is 36.7 Å². The number of benzene rings is 1. The van der Waals surface area contributed by atoms with Crippen LogP contribution in [0.3, 0.4) is 0 Å². The highest BCUT2D eigenvalue weighted by atomic mass is 16.5. The molecule has 9 heteroatoms. The Hall–Kier alpha value is -3.88. The molecular formula is C19H19N5O4.